The van der Waals surface area contributed by atoms with Gasteiger partial charge in [-0.25, -0.2) is 4.68 Å². The highest BCUT2D eigenvalue weighted by Crippen LogP contribution is 2.14. The fourth-order valence-electron chi connectivity index (χ4n) is 2.45. The van der Waals surface area contributed by atoms with Crippen LogP contribution in [0, 0.1) is 0 Å². The third kappa shape index (κ3) is 4.07. The molecule has 1 atom stereocenters. The molecule has 26 heavy (non-hydrogen) atoms. The summed E-state index contributed by atoms with van der Waals surface area (Å²) in [6, 6.07) is 17.0. The zero-order valence-corrected chi connectivity index (χ0v) is 15.3. The minimum absolute atomic E-state index is 0.232. The van der Waals surface area contributed by atoms with Gasteiger partial charge in [-0.05, 0) is 29.8 Å². The van der Waals surface area contributed by atoms with Gasteiger partial charge >= 0.3 is 0 Å². The van der Waals surface area contributed by atoms with E-state index in [-0.39, 0.29) is 12.3 Å². The predicted molar refractivity (Wildman–Crippen MR) is 101 cm³/mol. The Balaban J connectivity index is 1.88. The van der Waals surface area contributed by atoms with Crippen LogP contribution < -0.4 is 10.7 Å². The van der Waals surface area contributed by atoms with Crippen molar-refractivity contribution in [2.45, 2.75) is 6.04 Å². The highest BCUT2D eigenvalue weighted by atomic mass is 79.9. The number of halogens is 1. The van der Waals surface area contributed by atoms with Crippen LogP contribution in [0.3, 0.4) is 0 Å². The minimum Gasteiger partial charge on any atom is -0.394 e. The third-order valence-electron chi connectivity index (χ3n) is 3.80. The Morgan fingerprint density at radius 3 is 2.46 bits per heavy atom. The molecular formula is C19H16BrN3O3. The molecule has 3 aromatic rings. The van der Waals surface area contributed by atoms with Crippen molar-refractivity contribution < 1.29 is 9.90 Å². The lowest BCUT2D eigenvalue weighted by atomic mass is 10.1. The summed E-state index contributed by atoms with van der Waals surface area (Å²) in [5.41, 5.74) is 0.738. The Hall–Kier alpha value is -2.77. The van der Waals surface area contributed by atoms with Crippen LogP contribution in [0.5, 0.6) is 0 Å². The van der Waals surface area contributed by atoms with Crippen LogP contribution in [-0.2, 0) is 0 Å². The zero-order chi connectivity index (χ0) is 18.5. The van der Waals surface area contributed by atoms with E-state index in [9.17, 15) is 14.7 Å². The van der Waals surface area contributed by atoms with E-state index in [1.807, 2.05) is 42.5 Å². The summed E-state index contributed by atoms with van der Waals surface area (Å²) >= 11 is 3.36. The SMILES string of the molecule is O=C(NC(CO)c1ccccc1)c1nn(-c2ccc(Br)cc2)ccc1=O. The number of aliphatic hydroxyl groups excluding tert-OH is 1. The minimum atomic E-state index is -0.635. The van der Waals surface area contributed by atoms with Gasteiger partial charge < -0.3 is 10.4 Å². The summed E-state index contributed by atoms with van der Waals surface area (Å²) < 4.78 is 2.37. The first-order chi connectivity index (χ1) is 12.6. The van der Waals surface area contributed by atoms with Crippen molar-refractivity contribution in [1.82, 2.24) is 15.1 Å². The lowest BCUT2D eigenvalue weighted by Gasteiger charge is -2.16. The van der Waals surface area contributed by atoms with Crippen molar-refractivity contribution in [1.29, 1.82) is 0 Å². The Bertz CT molecular complexity index is 956. The molecule has 6 nitrogen and oxygen atoms in total. The third-order valence-corrected chi connectivity index (χ3v) is 4.33. The number of carbonyl (C=O) groups excluding carboxylic acids is 1. The smallest absolute Gasteiger partial charge is 0.276 e. The van der Waals surface area contributed by atoms with Crippen molar-refractivity contribution in [2.75, 3.05) is 6.61 Å². The second-order valence-electron chi connectivity index (χ2n) is 5.57. The van der Waals surface area contributed by atoms with Crippen molar-refractivity contribution in [3.05, 3.63) is 92.8 Å². The average molecular weight is 414 g/mol. The summed E-state index contributed by atoms with van der Waals surface area (Å²) in [5, 5.41) is 16.4. The molecule has 3 rings (SSSR count). The molecule has 1 unspecified atom stereocenters. The first-order valence-electron chi connectivity index (χ1n) is 7.91. The summed E-state index contributed by atoms with van der Waals surface area (Å²) in [4.78, 5) is 24.6. The van der Waals surface area contributed by atoms with E-state index in [0.717, 1.165) is 10.0 Å². The number of benzene rings is 2. The number of rotatable bonds is 5. The molecule has 7 heteroatoms. The van der Waals surface area contributed by atoms with Crippen LogP contribution in [0.15, 0.2) is 76.1 Å². The molecule has 0 bridgehead atoms. The van der Waals surface area contributed by atoms with E-state index < -0.39 is 17.4 Å². The molecule has 1 amide bonds. The molecule has 1 aromatic heterocycles. The van der Waals surface area contributed by atoms with E-state index in [1.54, 1.807) is 12.1 Å². The summed E-state index contributed by atoms with van der Waals surface area (Å²) in [6.07, 6.45) is 1.50. The van der Waals surface area contributed by atoms with Crippen molar-refractivity contribution in [3.8, 4) is 5.69 Å². The van der Waals surface area contributed by atoms with Crippen LogP contribution >= 0.6 is 15.9 Å². The second kappa shape index (κ2) is 8.07. The maximum Gasteiger partial charge on any atom is 0.276 e. The van der Waals surface area contributed by atoms with Gasteiger partial charge in [0.05, 0.1) is 18.3 Å². The lowest BCUT2D eigenvalue weighted by molar-refractivity contribution is 0.0908. The number of aromatic nitrogens is 2. The number of carbonyl (C=O) groups is 1. The summed E-state index contributed by atoms with van der Waals surface area (Å²) in [5.74, 6) is -0.635. The molecule has 1 heterocycles. The van der Waals surface area contributed by atoms with Crippen LogP contribution in [0.25, 0.3) is 5.69 Å². The molecule has 0 spiro atoms. The second-order valence-corrected chi connectivity index (χ2v) is 6.48. The van der Waals surface area contributed by atoms with Crippen LogP contribution in [0.2, 0.25) is 0 Å². The molecule has 132 valence electrons. The molecule has 0 saturated carbocycles. The van der Waals surface area contributed by atoms with E-state index in [1.165, 1.54) is 16.9 Å². The maximum absolute atomic E-state index is 12.5. The zero-order valence-electron chi connectivity index (χ0n) is 13.7. The number of nitrogens with one attached hydrogen (secondary N) is 1. The quantitative estimate of drug-likeness (QED) is 0.672. The van der Waals surface area contributed by atoms with E-state index in [0.29, 0.717) is 5.69 Å². The monoisotopic (exact) mass is 413 g/mol. The van der Waals surface area contributed by atoms with Gasteiger partial charge in [0.25, 0.3) is 5.91 Å². The molecule has 0 saturated heterocycles. The van der Waals surface area contributed by atoms with Gasteiger partial charge in [0.15, 0.2) is 5.69 Å². The number of amides is 1. The number of aliphatic hydroxyl groups is 1. The van der Waals surface area contributed by atoms with Crippen LogP contribution in [0.4, 0.5) is 0 Å². The van der Waals surface area contributed by atoms with Gasteiger partial charge in [0.2, 0.25) is 5.43 Å². The molecular weight excluding hydrogens is 398 g/mol. The topological polar surface area (TPSA) is 84.2 Å². The van der Waals surface area contributed by atoms with Gasteiger partial charge in [0.1, 0.15) is 0 Å². The van der Waals surface area contributed by atoms with Gasteiger partial charge in [-0.3, -0.25) is 9.59 Å². The molecule has 0 radical (unpaired) electrons. The van der Waals surface area contributed by atoms with Crippen molar-refractivity contribution in [3.63, 3.8) is 0 Å². The number of hydrogen-bond donors (Lipinski definition) is 2. The van der Waals surface area contributed by atoms with E-state index >= 15 is 0 Å². The van der Waals surface area contributed by atoms with Crippen LogP contribution in [-0.4, -0.2) is 27.4 Å². The highest BCUT2D eigenvalue weighted by molar-refractivity contribution is 9.10. The van der Waals surface area contributed by atoms with Gasteiger partial charge in [-0.1, -0.05) is 46.3 Å². The normalized spacial score (nSPS) is 11.8. The molecule has 0 aliphatic heterocycles. The fourth-order valence-corrected chi connectivity index (χ4v) is 2.71. The molecule has 2 aromatic carbocycles. The average Bonchev–Trinajstić information content (AvgIpc) is 2.67. The first kappa shape index (κ1) is 18.0. The fraction of sp³-hybridized carbons (Fsp3) is 0.105. The lowest BCUT2D eigenvalue weighted by Crippen LogP contribution is -2.35. The Labute approximate surface area is 158 Å². The van der Waals surface area contributed by atoms with E-state index in [2.05, 4.69) is 26.3 Å². The molecule has 0 fully saturated rings. The Morgan fingerprint density at radius 1 is 1.12 bits per heavy atom. The van der Waals surface area contributed by atoms with Gasteiger partial charge in [-0.2, -0.15) is 5.10 Å². The predicted octanol–water partition coefficient (Wildman–Crippen LogP) is 2.46. The van der Waals surface area contributed by atoms with Gasteiger partial charge in [-0.15, -0.1) is 0 Å². The standard InChI is InChI=1S/C19H16BrN3O3/c20-14-6-8-15(9-7-14)23-11-10-17(25)18(22-23)19(26)21-16(12-24)13-4-2-1-3-5-13/h1-11,16,24H,12H2,(H,21,26). The number of hydrogen-bond acceptors (Lipinski definition) is 4. The highest BCUT2D eigenvalue weighted by Gasteiger charge is 2.18. The molecule has 2 N–H and O–H groups in total. The molecule has 0 aliphatic rings. The molecule has 0 aliphatic carbocycles. The largest absolute Gasteiger partial charge is 0.394 e. The Kier molecular flexibility index (Phi) is 5.60. The number of nitrogens with zero attached hydrogens (tertiary/aromatic N) is 2. The Morgan fingerprint density at radius 2 is 1.81 bits per heavy atom. The summed E-state index contributed by atoms with van der Waals surface area (Å²) in [7, 11) is 0. The van der Waals surface area contributed by atoms with Crippen molar-refractivity contribution >= 4 is 21.8 Å². The summed E-state index contributed by atoms with van der Waals surface area (Å²) in [6.45, 7) is -0.288. The van der Waals surface area contributed by atoms with E-state index in [4.69, 9.17) is 0 Å². The van der Waals surface area contributed by atoms with Crippen LogP contribution in [0.1, 0.15) is 22.1 Å². The maximum atomic E-state index is 12.5. The van der Waals surface area contributed by atoms with Gasteiger partial charge in [0, 0.05) is 16.7 Å². The first-order valence-corrected chi connectivity index (χ1v) is 8.70. The van der Waals surface area contributed by atoms with Crippen molar-refractivity contribution in [2.24, 2.45) is 0 Å².